The summed E-state index contributed by atoms with van der Waals surface area (Å²) >= 11 is 1.23. The molecular weight excluding hydrogens is 219 g/mol. The first-order valence-electron chi connectivity index (χ1n) is 4.46. The van der Waals surface area contributed by atoms with E-state index in [9.17, 15) is 9.36 Å². The summed E-state index contributed by atoms with van der Waals surface area (Å²) in [7, 11) is -2.51. The van der Waals surface area contributed by atoms with Crippen molar-refractivity contribution in [3.63, 3.8) is 0 Å². The van der Waals surface area contributed by atoms with E-state index >= 15 is 0 Å². The van der Waals surface area contributed by atoms with Gasteiger partial charge in [-0.3, -0.25) is 9.36 Å². The summed E-state index contributed by atoms with van der Waals surface area (Å²) in [5.41, 5.74) is 0. The Labute approximate surface area is 87.5 Å². The lowest BCUT2D eigenvalue weighted by Crippen LogP contribution is -1.96. The molecular formula is C9H13O3PS. The first-order chi connectivity index (χ1) is 6.63. The number of carbonyl (C=O) groups is 1. The van der Waals surface area contributed by atoms with Crippen molar-refractivity contribution in [2.24, 2.45) is 0 Å². The summed E-state index contributed by atoms with van der Waals surface area (Å²) in [5, 5.41) is 0.569. The third-order valence-electron chi connectivity index (χ3n) is 1.94. The Kier molecular flexibility index (Phi) is 3.90. The maximum atomic E-state index is 11.9. The smallest absolute Gasteiger partial charge is 0.248 e. The number of thiophene rings is 1. The zero-order valence-corrected chi connectivity index (χ0v) is 9.94. The summed E-state index contributed by atoms with van der Waals surface area (Å²) in [6.07, 6.45) is 1.82. The molecule has 1 heterocycles. The van der Waals surface area contributed by atoms with Crippen LogP contribution >= 0.6 is 18.7 Å². The minimum atomic E-state index is -2.51. The van der Waals surface area contributed by atoms with Gasteiger partial charge in [0.05, 0.1) is 4.88 Å². The van der Waals surface area contributed by atoms with Crippen LogP contribution in [0.15, 0.2) is 12.1 Å². The zero-order valence-electron chi connectivity index (χ0n) is 8.23. The molecule has 0 N–H and O–H groups in total. The van der Waals surface area contributed by atoms with E-state index in [2.05, 4.69) is 0 Å². The van der Waals surface area contributed by atoms with Crippen molar-refractivity contribution in [2.75, 3.05) is 12.3 Å². The van der Waals surface area contributed by atoms with Crippen LogP contribution < -0.4 is 4.52 Å². The average molecular weight is 232 g/mol. The third-order valence-corrected chi connectivity index (χ3v) is 5.41. The number of carbonyl (C=O) groups excluding carboxylic acids is 1. The lowest BCUT2D eigenvalue weighted by Gasteiger charge is -2.14. The van der Waals surface area contributed by atoms with Crippen molar-refractivity contribution in [3.05, 3.63) is 17.0 Å². The van der Waals surface area contributed by atoms with Crippen molar-refractivity contribution >= 4 is 25.0 Å². The highest BCUT2D eigenvalue weighted by molar-refractivity contribution is 7.59. The molecule has 0 aliphatic rings. The molecule has 0 saturated carbocycles. The van der Waals surface area contributed by atoms with Gasteiger partial charge in [-0.1, -0.05) is 25.2 Å². The fraction of sp³-hybridized carbons (Fsp3) is 0.444. The van der Waals surface area contributed by atoms with Gasteiger partial charge in [0, 0.05) is 12.3 Å². The highest BCUT2D eigenvalue weighted by Gasteiger charge is 2.19. The molecule has 0 aliphatic carbocycles. The molecule has 0 bridgehead atoms. The van der Waals surface area contributed by atoms with Crippen LogP contribution in [0.1, 0.15) is 23.5 Å². The van der Waals surface area contributed by atoms with Gasteiger partial charge in [0.1, 0.15) is 0 Å². The third kappa shape index (κ3) is 2.69. The van der Waals surface area contributed by atoms with Gasteiger partial charge < -0.3 is 4.52 Å². The highest BCUT2D eigenvalue weighted by Crippen LogP contribution is 2.47. The van der Waals surface area contributed by atoms with Crippen LogP contribution in [0.4, 0.5) is 0 Å². The fourth-order valence-electron chi connectivity index (χ4n) is 0.963. The molecule has 0 saturated heterocycles. The first-order valence-corrected chi connectivity index (χ1v) is 7.27. The summed E-state index contributed by atoms with van der Waals surface area (Å²) in [4.78, 5) is 11.0. The normalized spacial score (nSPS) is 11.3. The van der Waals surface area contributed by atoms with Crippen LogP contribution in [0, 0.1) is 0 Å². The number of aldehydes is 1. The molecule has 0 fully saturated rings. The Bertz CT molecular complexity index is 351. The van der Waals surface area contributed by atoms with Crippen LogP contribution in [0.5, 0.6) is 5.06 Å². The summed E-state index contributed by atoms with van der Waals surface area (Å²) < 4.78 is 17.3. The number of hydrogen-bond donors (Lipinski definition) is 0. The summed E-state index contributed by atoms with van der Waals surface area (Å²) in [6.45, 7) is 3.69. The average Bonchev–Trinajstić information content (AvgIpc) is 2.65. The second kappa shape index (κ2) is 4.76. The van der Waals surface area contributed by atoms with Crippen molar-refractivity contribution in [1.29, 1.82) is 0 Å². The number of hydrogen-bond acceptors (Lipinski definition) is 4. The second-order valence-corrected chi connectivity index (χ2v) is 6.97. The molecule has 1 aromatic rings. The maximum Gasteiger partial charge on any atom is 0.248 e. The summed E-state index contributed by atoms with van der Waals surface area (Å²) in [5.74, 6) is 0. The SMILES string of the molecule is CCP(=O)(CC)Oc1ccc(C=O)s1. The molecule has 0 aromatic carbocycles. The Hall–Kier alpha value is -0.600. The Morgan fingerprint density at radius 3 is 2.50 bits per heavy atom. The monoisotopic (exact) mass is 232 g/mol. The Morgan fingerprint density at radius 2 is 2.07 bits per heavy atom. The Morgan fingerprint density at radius 1 is 1.43 bits per heavy atom. The Balaban J connectivity index is 2.77. The molecule has 0 aliphatic heterocycles. The van der Waals surface area contributed by atoms with Crippen LogP contribution in [0.25, 0.3) is 0 Å². The predicted octanol–water partition coefficient (Wildman–Crippen LogP) is 3.26. The first kappa shape index (κ1) is 11.5. The molecule has 0 amide bonds. The van der Waals surface area contributed by atoms with E-state index in [1.807, 2.05) is 13.8 Å². The van der Waals surface area contributed by atoms with E-state index in [1.165, 1.54) is 11.3 Å². The van der Waals surface area contributed by atoms with Gasteiger partial charge in [-0.2, -0.15) is 0 Å². The minimum absolute atomic E-state index is 0.526. The van der Waals surface area contributed by atoms with Gasteiger partial charge in [0.25, 0.3) is 0 Å². The van der Waals surface area contributed by atoms with Gasteiger partial charge in [-0.05, 0) is 12.1 Å². The van der Waals surface area contributed by atoms with Crippen LogP contribution in [0.2, 0.25) is 0 Å². The largest absolute Gasteiger partial charge is 0.433 e. The fourth-order valence-corrected chi connectivity index (χ4v) is 3.17. The molecule has 0 radical (unpaired) electrons. The van der Waals surface area contributed by atoms with Gasteiger partial charge in [0.2, 0.25) is 7.37 Å². The molecule has 3 nitrogen and oxygen atoms in total. The molecule has 14 heavy (non-hydrogen) atoms. The topological polar surface area (TPSA) is 43.4 Å². The lowest BCUT2D eigenvalue weighted by atomic mass is 10.5. The standard InChI is InChI=1S/C9H13O3PS/c1-3-13(11,4-2)12-9-6-5-8(7-10)14-9/h5-7H,3-4H2,1-2H3. The van der Waals surface area contributed by atoms with E-state index in [1.54, 1.807) is 12.1 Å². The van der Waals surface area contributed by atoms with E-state index in [0.29, 0.717) is 22.3 Å². The van der Waals surface area contributed by atoms with Gasteiger partial charge in [-0.15, -0.1) is 0 Å². The second-order valence-electron chi connectivity index (χ2n) is 2.81. The summed E-state index contributed by atoms with van der Waals surface area (Å²) in [6, 6.07) is 3.36. The molecule has 5 heteroatoms. The quantitative estimate of drug-likeness (QED) is 0.578. The van der Waals surface area contributed by atoms with Gasteiger partial charge >= 0.3 is 0 Å². The molecule has 0 atom stereocenters. The highest BCUT2D eigenvalue weighted by atomic mass is 32.1. The van der Waals surface area contributed by atoms with Gasteiger partial charge in [0.15, 0.2) is 11.3 Å². The van der Waals surface area contributed by atoms with Crippen LogP contribution in [-0.2, 0) is 4.57 Å². The van der Waals surface area contributed by atoms with Crippen LogP contribution in [0.3, 0.4) is 0 Å². The van der Waals surface area contributed by atoms with Crippen molar-refractivity contribution < 1.29 is 13.9 Å². The zero-order chi connectivity index (χ0) is 10.6. The predicted molar refractivity (Wildman–Crippen MR) is 59.0 cm³/mol. The maximum absolute atomic E-state index is 11.9. The lowest BCUT2D eigenvalue weighted by molar-refractivity contribution is 0.112. The molecule has 1 rings (SSSR count). The molecule has 0 spiro atoms. The minimum Gasteiger partial charge on any atom is -0.433 e. The van der Waals surface area contributed by atoms with E-state index in [-0.39, 0.29) is 0 Å². The van der Waals surface area contributed by atoms with Crippen LogP contribution in [-0.4, -0.2) is 18.6 Å². The van der Waals surface area contributed by atoms with Crippen molar-refractivity contribution in [2.45, 2.75) is 13.8 Å². The molecule has 1 aromatic heterocycles. The van der Waals surface area contributed by atoms with E-state index in [4.69, 9.17) is 4.52 Å². The van der Waals surface area contributed by atoms with Gasteiger partial charge in [-0.25, -0.2) is 0 Å². The molecule has 0 unspecified atom stereocenters. The van der Waals surface area contributed by atoms with Crippen molar-refractivity contribution in [3.8, 4) is 5.06 Å². The number of rotatable bonds is 5. The van der Waals surface area contributed by atoms with E-state index in [0.717, 1.165) is 6.29 Å². The molecule has 78 valence electrons. The van der Waals surface area contributed by atoms with Crippen molar-refractivity contribution in [1.82, 2.24) is 0 Å². The van der Waals surface area contributed by atoms with E-state index < -0.39 is 7.37 Å².